The smallest absolute Gasteiger partial charge is 0.331 e. The number of rotatable bonds is 4. The summed E-state index contributed by atoms with van der Waals surface area (Å²) in [5, 5.41) is 17.1. The van der Waals surface area contributed by atoms with Crippen LogP contribution in [0.2, 0.25) is 0 Å². The van der Waals surface area contributed by atoms with Crippen LogP contribution in [0.1, 0.15) is 29.1 Å². The fourth-order valence-corrected chi connectivity index (χ4v) is 3.75. The standard InChI is InChI=1S/C15H20N4O2S/c1-11-7-16-19(8-11)15(14(20)21)3-5-18(6-4-15)9-13-17-12(2)10-22-13/h7-8,10H,3-6,9H2,1-2H3,(H,20,21). The first-order chi connectivity index (χ1) is 10.5. The molecule has 6 nitrogen and oxygen atoms in total. The fraction of sp³-hybridized carbons (Fsp3) is 0.533. The molecule has 1 fully saturated rings. The van der Waals surface area contributed by atoms with Crippen molar-refractivity contribution in [2.24, 2.45) is 0 Å². The summed E-state index contributed by atoms with van der Waals surface area (Å²) in [6, 6.07) is 0. The lowest BCUT2D eigenvalue weighted by Crippen LogP contribution is -2.51. The SMILES string of the molecule is Cc1cnn(C2(C(=O)O)CCN(Cc3nc(C)cs3)CC2)c1. The molecular formula is C15H20N4O2S. The van der Waals surface area contributed by atoms with Gasteiger partial charge in [0.05, 0.1) is 12.7 Å². The number of carbonyl (C=O) groups is 1. The van der Waals surface area contributed by atoms with Gasteiger partial charge in [-0.15, -0.1) is 11.3 Å². The molecule has 0 atom stereocenters. The Labute approximate surface area is 133 Å². The molecule has 1 saturated heterocycles. The van der Waals surface area contributed by atoms with Gasteiger partial charge in [0.25, 0.3) is 0 Å². The third-order valence-corrected chi connectivity index (χ3v) is 5.21. The minimum atomic E-state index is -0.913. The highest BCUT2D eigenvalue weighted by molar-refractivity contribution is 7.09. The van der Waals surface area contributed by atoms with Crippen molar-refractivity contribution >= 4 is 17.3 Å². The zero-order valence-electron chi connectivity index (χ0n) is 12.8. The Kier molecular flexibility index (Phi) is 4.01. The summed E-state index contributed by atoms with van der Waals surface area (Å²) in [6.45, 7) is 6.20. The number of thiazole rings is 1. The van der Waals surface area contributed by atoms with Gasteiger partial charge >= 0.3 is 5.97 Å². The normalized spacial score (nSPS) is 18.5. The lowest BCUT2D eigenvalue weighted by molar-refractivity contribution is -0.151. The summed E-state index contributed by atoms with van der Waals surface area (Å²) in [5.41, 5.74) is 1.12. The average Bonchev–Trinajstić information content (AvgIpc) is 3.09. The predicted molar refractivity (Wildman–Crippen MR) is 83.9 cm³/mol. The molecule has 0 bridgehead atoms. The Morgan fingerprint density at radius 1 is 1.41 bits per heavy atom. The quantitative estimate of drug-likeness (QED) is 0.933. The van der Waals surface area contributed by atoms with Crippen LogP contribution in [0.3, 0.4) is 0 Å². The average molecular weight is 320 g/mol. The van der Waals surface area contributed by atoms with Gasteiger partial charge in [-0.2, -0.15) is 5.10 Å². The monoisotopic (exact) mass is 320 g/mol. The van der Waals surface area contributed by atoms with Crippen LogP contribution in [0, 0.1) is 13.8 Å². The maximum absolute atomic E-state index is 11.9. The molecule has 0 amide bonds. The van der Waals surface area contributed by atoms with Gasteiger partial charge in [0.1, 0.15) is 5.01 Å². The maximum atomic E-state index is 11.9. The second kappa shape index (κ2) is 5.81. The van der Waals surface area contributed by atoms with E-state index in [0.717, 1.165) is 35.9 Å². The van der Waals surface area contributed by atoms with Crippen LogP contribution in [0.4, 0.5) is 0 Å². The molecule has 2 aromatic heterocycles. The molecule has 0 unspecified atom stereocenters. The van der Waals surface area contributed by atoms with E-state index in [-0.39, 0.29) is 0 Å². The molecule has 22 heavy (non-hydrogen) atoms. The zero-order chi connectivity index (χ0) is 15.7. The molecular weight excluding hydrogens is 300 g/mol. The van der Waals surface area contributed by atoms with Crippen LogP contribution in [-0.4, -0.2) is 43.8 Å². The zero-order valence-corrected chi connectivity index (χ0v) is 13.6. The summed E-state index contributed by atoms with van der Waals surface area (Å²) in [6.07, 6.45) is 4.67. The highest BCUT2D eigenvalue weighted by atomic mass is 32.1. The summed E-state index contributed by atoms with van der Waals surface area (Å²) in [7, 11) is 0. The van der Waals surface area contributed by atoms with E-state index < -0.39 is 11.5 Å². The predicted octanol–water partition coefficient (Wildman–Crippen LogP) is 2.03. The van der Waals surface area contributed by atoms with Crippen LogP contribution in [-0.2, 0) is 16.9 Å². The molecule has 0 spiro atoms. The van der Waals surface area contributed by atoms with Gasteiger partial charge in [-0.3, -0.25) is 9.58 Å². The molecule has 0 aliphatic carbocycles. The highest BCUT2D eigenvalue weighted by Crippen LogP contribution is 2.31. The van der Waals surface area contributed by atoms with E-state index in [2.05, 4.69) is 15.0 Å². The Morgan fingerprint density at radius 3 is 2.64 bits per heavy atom. The Balaban J connectivity index is 1.71. The molecule has 3 heterocycles. The number of nitrogens with zero attached hydrogens (tertiary/aromatic N) is 4. The molecule has 0 aromatic carbocycles. The van der Waals surface area contributed by atoms with Crippen LogP contribution in [0.15, 0.2) is 17.8 Å². The van der Waals surface area contributed by atoms with E-state index in [0.29, 0.717) is 12.8 Å². The van der Waals surface area contributed by atoms with Crippen molar-refractivity contribution in [1.82, 2.24) is 19.7 Å². The van der Waals surface area contributed by atoms with Crippen molar-refractivity contribution in [2.45, 2.75) is 38.8 Å². The summed E-state index contributed by atoms with van der Waals surface area (Å²) in [5.74, 6) is -0.791. The van der Waals surface area contributed by atoms with Gasteiger partial charge in [-0.05, 0) is 32.3 Å². The largest absolute Gasteiger partial charge is 0.479 e. The Hall–Kier alpha value is -1.73. The number of aromatic nitrogens is 3. The Morgan fingerprint density at radius 2 is 2.14 bits per heavy atom. The van der Waals surface area contributed by atoms with Gasteiger partial charge in [-0.1, -0.05) is 0 Å². The first kappa shape index (κ1) is 15.2. The lowest BCUT2D eigenvalue weighted by Gasteiger charge is -2.38. The van der Waals surface area contributed by atoms with Crippen LogP contribution in [0.5, 0.6) is 0 Å². The molecule has 3 rings (SSSR count). The second-order valence-electron chi connectivity index (χ2n) is 5.96. The van der Waals surface area contributed by atoms with E-state index in [1.165, 1.54) is 0 Å². The van der Waals surface area contributed by atoms with Crippen molar-refractivity contribution in [1.29, 1.82) is 0 Å². The van der Waals surface area contributed by atoms with Crippen molar-refractivity contribution in [3.8, 4) is 0 Å². The number of hydrogen-bond donors (Lipinski definition) is 1. The number of carboxylic acids is 1. The van der Waals surface area contributed by atoms with Gasteiger partial charge in [0, 0.05) is 30.4 Å². The van der Waals surface area contributed by atoms with Crippen molar-refractivity contribution in [3.63, 3.8) is 0 Å². The lowest BCUT2D eigenvalue weighted by atomic mass is 9.87. The minimum Gasteiger partial charge on any atom is -0.479 e. The summed E-state index contributed by atoms with van der Waals surface area (Å²) >= 11 is 1.66. The number of piperidine rings is 1. The fourth-order valence-electron chi connectivity index (χ4n) is 2.94. The van der Waals surface area contributed by atoms with E-state index >= 15 is 0 Å². The number of hydrogen-bond acceptors (Lipinski definition) is 5. The Bertz CT molecular complexity index is 671. The molecule has 0 radical (unpaired) electrons. The second-order valence-corrected chi connectivity index (χ2v) is 6.90. The molecule has 0 saturated carbocycles. The van der Waals surface area contributed by atoms with Crippen molar-refractivity contribution < 1.29 is 9.90 Å². The molecule has 1 N–H and O–H groups in total. The number of carboxylic acid groups (broad SMARTS) is 1. The maximum Gasteiger partial charge on any atom is 0.331 e. The van der Waals surface area contributed by atoms with Crippen LogP contribution >= 0.6 is 11.3 Å². The number of aliphatic carboxylic acids is 1. The van der Waals surface area contributed by atoms with Gasteiger partial charge in [0.15, 0.2) is 5.54 Å². The molecule has 1 aliphatic rings. The van der Waals surface area contributed by atoms with Crippen molar-refractivity contribution in [2.75, 3.05) is 13.1 Å². The minimum absolute atomic E-state index is 0.563. The summed E-state index contributed by atoms with van der Waals surface area (Å²) in [4.78, 5) is 18.6. The molecule has 2 aromatic rings. The van der Waals surface area contributed by atoms with Gasteiger partial charge in [0.2, 0.25) is 0 Å². The molecule has 7 heteroatoms. The topological polar surface area (TPSA) is 71.2 Å². The third-order valence-electron chi connectivity index (χ3n) is 4.26. The number of likely N-dealkylation sites (tertiary alicyclic amines) is 1. The van der Waals surface area contributed by atoms with E-state index in [4.69, 9.17) is 0 Å². The van der Waals surface area contributed by atoms with Crippen LogP contribution in [0.25, 0.3) is 0 Å². The van der Waals surface area contributed by atoms with E-state index in [1.807, 2.05) is 25.4 Å². The van der Waals surface area contributed by atoms with E-state index in [1.54, 1.807) is 22.2 Å². The van der Waals surface area contributed by atoms with Gasteiger partial charge < -0.3 is 5.11 Å². The molecule has 118 valence electrons. The van der Waals surface area contributed by atoms with Gasteiger partial charge in [-0.25, -0.2) is 9.78 Å². The van der Waals surface area contributed by atoms with Crippen molar-refractivity contribution in [3.05, 3.63) is 34.0 Å². The third kappa shape index (κ3) is 2.78. The highest BCUT2D eigenvalue weighted by Gasteiger charge is 2.44. The van der Waals surface area contributed by atoms with Crippen LogP contribution < -0.4 is 0 Å². The summed E-state index contributed by atoms with van der Waals surface area (Å²) < 4.78 is 1.63. The first-order valence-electron chi connectivity index (χ1n) is 7.38. The van der Waals surface area contributed by atoms with E-state index in [9.17, 15) is 9.90 Å². The molecule has 1 aliphatic heterocycles. The number of aryl methyl sites for hydroxylation is 2. The first-order valence-corrected chi connectivity index (χ1v) is 8.26.